The van der Waals surface area contributed by atoms with E-state index in [0.717, 1.165) is 11.3 Å². The minimum Gasteiger partial charge on any atom is -0.320 e. The molecule has 1 heterocycles. The largest absolute Gasteiger partial charge is 0.320 e. The van der Waals surface area contributed by atoms with Crippen LogP contribution in [-0.2, 0) is 6.54 Å². The van der Waals surface area contributed by atoms with E-state index in [9.17, 15) is 4.39 Å². The third kappa shape index (κ3) is 2.96. The highest BCUT2D eigenvalue weighted by atomic mass is 19.1. The number of rotatable bonds is 2. The molecule has 0 aliphatic carbocycles. The van der Waals surface area contributed by atoms with E-state index in [1.165, 1.54) is 12.1 Å². The Bertz CT molecular complexity index is 605. The van der Waals surface area contributed by atoms with Gasteiger partial charge in [0.2, 0.25) is 0 Å². The number of nitrogens with zero attached hydrogens (tertiary/aromatic N) is 2. The molecule has 3 nitrogen and oxygen atoms in total. The normalized spacial score (nSPS) is 9.94. The molecule has 0 radical (unpaired) electrons. The number of nitrogens with two attached hydrogens (primary N) is 1. The summed E-state index contributed by atoms with van der Waals surface area (Å²) in [7, 11) is 0. The number of halogens is 1. The van der Waals surface area contributed by atoms with Gasteiger partial charge in [-0.1, -0.05) is 17.9 Å². The van der Waals surface area contributed by atoms with E-state index in [4.69, 9.17) is 5.73 Å². The van der Waals surface area contributed by atoms with E-state index in [1.54, 1.807) is 10.7 Å². The molecule has 0 atom stereocenters. The number of hydrogen-bond donors (Lipinski definition) is 1. The van der Waals surface area contributed by atoms with Gasteiger partial charge < -0.3 is 5.73 Å². The van der Waals surface area contributed by atoms with Crippen molar-refractivity contribution in [2.75, 3.05) is 6.54 Å². The number of aromatic nitrogens is 2. The molecule has 18 heavy (non-hydrogen) atoms. The van der Waals surface area contributed by atoms with Crippen LogP contribution in [0.15, 0.2) is 30.5 Å². The summed E-state index contributed by atoms with van der Waals surface area (Å²) in [5.41, 5.74) is 7.88. The zero-order chi connectivity index (χ0) is 13.0. The highest BCUT2D eigenvalue weighted by molar-refractivity contribution is 5.42. The second kappa shape index (κ2) is 5.48. The van der Waals surface area contributed by atoms with E-state index in [2.05, 4.69) is 16.9 Å². The zero-order valence-electron chi connectivity index (χ0n) is 10.2. The fourth-order valence-corrected chi connectivity index (χ4v) is 1.67. The first-order valence-corrected chi connectivity index (χ1v) is 5.66. The third-order valence-corrected chi connectivity index (χ3v) is 2.50. The van der Waals surface area contributed by atoms with Crippen LogP contribution in [0.4, 0.5) is 4.39 Å². The molecular formula is C14H14FN3. The van der Waals surface area contributed by atoms with Crippen LogP contribution >= 0.6 is 0 Å². The van der Waals surface area contributed by atoms with Crippen molar-refractivity contribution in [3.8, 4) is 11.8 Å². The van der Waals surface area contributed by atoms with Crippen LogP contribution in [0.1, 0.15) is 16.8 Å². The van der Waals surface area contributed by atoms with E-state index in [-0.39, 0.29) is 12.4 Å². The van der Waals surface area contributed by atoms with Gasteiger partial charge in [-0.05, 0) is 30.7 Å². The molecule has 0 saturated carbocycles. The molecule has 92 valence electrons. The minimum atomic E-state index is -0.295. The Hall–Kier alpha value is -2.12. The minimum absolute atomic E-state index is 0.261. The first-order chi connectivity index (χ1) is 8.69. The predicted octanol–water partition coefficient (Wildman–Crippen LogP) is 1.69. The van der Waals surface area contributed by atoms with E-state index >= 15 is 0 Å². The van der Waals surface area contributed by atoms with Crippen molar-refractivity contribution in [3.05, 3.63) is 53.1 Å². The molecule has 0 fully saturated rings. The summed E-state index contributed by atoms with van der Waals surface area (Å²) in [5, 5.41) is 4.30. The van der Waals surface area contributed by atoms with E-state index in [0.29, 0.717) is 12.1 Å². The van der Waals surface area contributed by atoms with Crippen molar-refractivity contribution in [2.45, 2.75) is 13.5 Å². The van der Waals surface area contributed by atoms with Crippen LogP contribution in [0, 0.1) is 24.6 Å². The Morgan fingerprint density at radius 3 is 2.89 bits per heavy atom. The highest BCUT2D eigenvalue weighted by Gasteiger charge is 2.04. The van der Waals surface area contributed by atoms with Gasteiger partial charge in [-0.15, -0.1) is 0 Å². The average Bonchev–Trinajstić information content (AvgIpc) is 2.75. The van der Waals surface area contributed by atoms with Crippen LogP contribution in [0.2, 0.25) is 0 Å². The number of aryl methyl sites for hydroxylation is 1. The van der Waals surface area contributed by atoms with Gasteiger partial charge in [0.05, 0.1) is 18.8 Å². The Labute approximate surface area is 105 Å². The van der Waals surface area contributed by atoms with E-state index < -0.39 is 0 Å². The zero-order valence-corrected chi connectivity index (χ0v) is 10.2. The summed E-state index contributed by atoms with van der Waals surface area (Å²) in [6, 6.07) is 6.51. The summed E-state index contributed by atoms with van der Waals surface area (Å²) in [6.45, 7) is 2.76. The van der Waals surface area contributed by atoms with Crippen LogP contribution in [0.3, 0.4) is 0 Å². The Morgan fingerprint density at radius 1 is 1.39 bits per heavy atom. The monoisotopic (exact) mass is 243 g/mol. The fourth-order valence-electron chi connectivity index (χ4n) is 1.67. The van der Waals surface area contributed by atoms with Gasteiger partial charge in [0.15, 0.2) is 0 Å². The lowest BCUT2D eigenvalue weighted by Crippen LogP contribution is -2.03. The van der Waals surface area contributed by atoms with Gasteiger partial charge in [-0.3, -0.25) is 4.68 Å². The van der Waals surface area contributed by atoms with E-state index in [1.807, 2.05) is 19.2 Å². The highest BCUT2D eigenvalue weighted by Crippen LogP contribution is 2.12. The van der Waals surface area contributed by atoms with Gasteiger partial charge >= 0.3 is 0 Å². The lowest BCUT2D eigenvalue weighted by atomic mass is 10.1. The Kier molecular flexibility index (Phi) is 3.75. The number of hydrogen-bond acceptors (Lipinski definition) is 2. The summed E-state index contributed by atoms with van der Waals surface area (Å²) >= 11 is 0. The lowest BCUT2D eigenvalue weighted by Gasteiger charge is -2.05. The lowest BCUT2D eigenvalue weighted by molar-refractivity contribution is 0.623. The van der Waals surface area contributed by atoms with Crippen molar-refractivity contribution >= 4 is 0 Å². The van der Waals surface area contributed by atoms with Gasteiger partial charge in [-0.25, -0.2) is 4.39 Å². The summed E-state index contributed by atoms with van der Waals surface area (Å²) in [4.78, 5) is 0. The standard InChI is InChI=1S/C14H14FN3/c1-11-6-8-18(17-11)10-13-4-5-14(15)9-12(13)3-2-7-16/h4-6,8-9H,7,10,16H2,1H3. The summed E-state index contributed by atoms with van der Waals surface area (Å²) in [6.07, 6.45) is 1.89. The first kappa shape index (κ1) is 12.3. The topological polar surface area (TPSA) is 43.8 Å². The van der Waals surface area contributed by atoms with Crippen molar-refractivity contribution in [1.82, 2.24) is 9.78 Å². The van der Waals surface area contributed by atoms with Gasteiger partial charge in [0, 0.05) is 11.8 Å². The van der Waals surface area contributed by atoms with Crippen LogP contribution < -0.4 is 5.73 Å². The molecule has 0 bridgehead atoms. The molecule has 2 N–H and O–H groups in total. The molecule has 0 spiro atoms. The fraction of sp³-hybridized carbons (Fsp3) is 0.214. The Balaban J connectivity index is 2.31. The third-order valence-electron chi connectivity index (χ3n) is 2.50. The Morgan fingerprint density at radius 2 is 2.22 bits per heavy atom. The molecule has 4 heteroatoms. The van der Waals surface area contributed by atoms with Crippen molar-refractivity contribution in [3.63, 3.8) is 0 Å². The van der Waals surface area contributed by atoms with Crippen LogP contribution in [0.25, 0.3) is 0 Å². The molecular weight excluding hydrogens is 229 g/mol. The van der Waals surface area contributed by atoms with Crippen molar-refractivity contribution in [2.24, 2.45) is 5.73 Å². The molecule has 0 aliphatic rings. The molecule has 2 aromatic rings. The maximum Gasteiger partial charge on any atom is 0.124 e. The first-order valence-electron chi connectivity index (χ1n) is 5.66. The van der Waals surface area contributed by atoms with Gasteiger partial charge in [0.1, 0.15) is 5.82 Å². The predicted molar refractivity (Wildman–Crippen MR) is 68.4 cm³/mol. The van der Waals surface area contributed by atoms with Crippen molar-refractivity contribution < 1.29 is 4.39 Å². The molecule has 0 unspecified atom stereocenters. The molecule has 0 aliphatic heterocycles. The SMILES string of the molecule is Cc1ccn(Cc2ccc(F)cc2C#CCN)n1. The summed E-state index contributed by atoms with van der Waals surface area (Å²) < 4.78 is 15.0. The van der Waals surface area contributed by atoms with Crippen LogP contribution in [0.5, 0.6) is 0 Å². The molecule has 0 amide bonds. The van der Waals surface area contributed by atoms with Crippen molar-refractivity contribution in [1.29, 1.82) is 0 Å². The molecule has 0 saturated heterocycles. The number of benzene rings is 1. The van der Waals surface area contributed by atoms with Gasteiger partial charge in [0.25, 0.3) is 0 Å². The summed E-state index contributed by atoms with van der Waals surface area (Å²) in [5.74, 6) is 5.33. The second-order valence-electron chi connectivity index (χ2n) is 3.96. The van der Waals surface area contributed by atoms with Crippen LogP contribution in [-0.4, -0.2) is 16.3 Å². The maximum atomic E-state index is 13.2. The molecule has 1 aromatic heterocycles. The molecule has 2 rings (SSSR count). The molecule has 1 aromatic carbocycles. The van der Waals surface area contributed by atoms with Gasteiger partial charge in [-0.2, -0.15) is 5.10 Å². The quantitative estimate of drug-likeness (QED) is 0.816. The second-order valence-corrected chi connectivity index (χ2v) is 3.96. The smallest absolute Gasteiger partial charge is 0.124 e. The average molecular weight is 243 g/mol. The maximum absolute atomic E-state index is 13.2.